The summed E-state index contributed by atoms with van der Waals surface area (Å²) in [5.74, 6) is 0. The molecule has 0 rings (SSSR count). The van der Waals surface area contributed by atoms with E-state index in [1.807, 2.05) is 20.8 Å². The van der Waals surface area contributed by atoms with E-state index < -0.39 is 0 Å². The van der Waals surface area contributed by atoms with Crippen molar-refractivity contribution in [1.82, 2.24) is 4.15 Å². The molecule has 62 valence electrons. The van der Waals surface area contributed by atoms with Crippen LogP contribution in [0.3, 0.4) is 0 Å². The van der Waals surface area contributed by atoms with Crippen LogP contribution in [0.4, 0.5) is 4.48 Å². The third-order valence-electron chi connectivity index (χ3n) is 2.33. The van der Waals surface area contributed by atoms with Gasteiger partial charge < -0.3 is 0 Å². The molecule has 0 amide bonds. The molecular formula is C7H15BrFN. The fourth-order valence-electron chi connectivity index (χ4n) is 1.11. The van der Waals surface area contributed by atoms with Crippen molar-refractivity contribution in [2.45, 2.75) is 45.6 Å². The molecule has 3 heteroatoms. The molecule has 0 atom stereocenters. The van der Waals surface area contributed by atoms with Gasteiger partial charge in [-0.3, -0.25) is 0 Å². The van der Waals surface area contributed by atoms with E-state index in [1.165, 1.54) is 0 Å². The fraction of sp³-hybridized carbons (Fsp3) is 1.00. The third-order valence-corrected chi connectivity index (χ3v) is 3.09. The molecule has 0 heterocycles. The molecule has 0 aliphatic rings. The SMILES string of the molecule is CCC(CC)(CC)N(F)Br. The lowest BCUT2D eigenvalue weighted by Gasteiger charge is -2.31. The van der Waals surface area contributed by atoms with Crippen molar-refractivity contribution in [3.63, 3.8) is 0 Å². The lowest BCUT2D eigenvalue weighted by Crippen LogP contribution is -2.36. The zero-order valence-electron chi connectivity index (χ0n) is 6.82. The van der Waals surface area contributed by atoms with Gasteiger partial charge in [0.1, 0.15) is 0 Å². The molecule has 0 aromatic carbocycles. The van der Waals surface area contributed by atoms with Gasteiger partial charge in [-0.15, -0.1) is 4.48 Å². The highest BCUT2D eigenvalue weighted by Crippen LogP contribution is 2.30. The minimum Gasteiger partial charge on any atom is -0.122 e. The van der Waals surface area contributed by atoms with Gasteiger partial charge in [-0.1, -0.05) is 24.9 Å². The summed E-state index contributed by atoms with van der Waals surface area (Å²) >= 11 is 2.85. The van der Waals surface area contributed by atoms with E-state index in [2.05, 4.69) is 16.1 Å². The molecule has 0 unspecified atom stereocenters. The molecule has 0 aromatic heterocycles. The van der Waals surface area contributed by atoms with Gasteiger partial charge in [0.05, 0.1) is 5.54 Å². The van der Waals surface area contributed by atoms with E-state index in [0.717, 1.165) is 19.3 Å². The number of hydrogen-bond donors (Lipinski definition) is 0. The first kappa shape index (κ1) is 10.4. The van der Waals surface area contributed by atoms with Crippen LogP contribution in [0.15, 0.2) is 0 Å². The molecule has 0 spiro atoms. The molecule has 0 fully saturated rings. The van der Waals surface area contributed by atoms with E-state index in [0.29, 0.717) is 4.15 Å². The Morgan fingerprint density at radius 3 is 1.50 bits per heavy atom. The predicted octanol–water partition coefficient (Wildman–Crippen LogP) is 3.45. The van der Waals surface area contributed by atoms with Crippen molar-refractivity contribution >= 4 is 16.1 Å². The molecule has 0 aliphatic heterocycles. The normalized spacial score (nSPS) is 12.6. The molecule has 0 aliphatic carbocycles. The van der Waals surface area contributed by atoms with Crippen LogP contribution in [-0.2, 0) is 0 Å². The number of rotatable bonds is 4. The van der Waals surface area contributed by atoms with Crippen LogP contribution in [-0.4, -0.2) is 9.69 Å². The first-order valence-corrected chi connectivity index (χ1v) is 4.45. The lowest BCUT2D eigenvalue weighted by atomic mass is 9.91. The topological polar surface area (TPSA) is 3.24 Å². The first-order valence-electron chi connectivity index (χ1n) is 3.74. The van der Waals surface area contributed by atoms with Crippen LogP contribution in [0.2, 0.25) is 0 Å². The monoisotopic (exact) mass is 211 g/mol. The van der Waals surface area contributed by atoms with Gasteiger partial charge in [0.15, 0.2) is 0 Å². The maximum atomic E-state index is 12.8. The van der Waals surface area contributed by atoms with E-state index in [1.54, 1.807) is 0 Å². The second kappa shape index (κ2) is 4.29. The summed E-state index contributed by atoms with van der Waals surface area (Å²) in [6.45, 7) is 6.00. The largest absolute Gasteiger partial charge is 0.122 e. The van der Waals surface area contributed by atoms with Crippen molar-refractivity contribution < 1.29 is 4.48 Å². The summed E-state index contributed by atoms with van der Waals surface area (Å²) in [6.07, 6.45) is 2.51. The van der Waals surface area contributed by atoms with Crippen molar-refractivity contribution in [2.75, 3.05) is 0 Å². The summed E-state index contributed by atoms with van der Waals surface area (Å²) in [5.41, 5.74) is -0.292. The minimum absolute atomic E-state index is 0.292. The molecule has 10 heavy (non-hydrogen) atoms. The molecule has 1 nitrogen and oxygen atoms in total. The summed E-state index contributed by atoms with van der Waals surface area (Å²) in [5, 5.41) is 0. The molecular weight excluding hydrogens is 197 g/mol. The average Bonchev–Trinajstić information content (AvgIpc) is 1.92. The van der Waals surface area contributed by atoms with Crippen LogP contribution >= 0.6 is 16.1 Å². The predicted molar refractivity (Wildman–Crippen MR) is 45.5 cm³/mol. The fourth-order valence-corrected chi connectivity index (χ4v) is 1.86. The van der Waals surface area contributed by atoms with Crippen molar-refractivity contribution in [2.24, 2.45) is 0 Å². The maximum absolute atomic E-state index is 12.8. The van der Waals surface area contributed by atoms with Gasteiger partial charge in [0.25, 0.3) is 0 Å². The van der Waals surface area contributed by atoms with Gasteiger partial charge >= 0.3 is 0 Å². The van der Waals surface area contributed by atoms with E-state index in [4.69, 9.17) is 0 Å². The lowest BCUT2D eigenvalue weighted by molar-refractivity contribution is 0.0208. The van der Waals surface area contributed by atoms with Crippen LogP contribution in [0, 0.1) is 0 Å². The summed E-state index contributed by atoms with van der Waals surface area (Å²) < 4.78 is 13.4. The van der Waals surface area contributed by atoms with E-state index in [-0.39, 0.29) is 5.54 Å². The Labute approximate surface area is 70.9 Å². The highest BCUT2D eigenvalue weighted by molar-refractivity contribution is 9.07. The third kappa shape index (κ3) is 1.92. The average molecular weight is 212 g/mol. The summed E-state index contributed by atoms with van der Waals surface area (Å²) in [6, 6.07) is 0. The van der Waals surface area contributed by atoms with E-state index in [9.17, 15) is 4.48 Å². The zero-order valence-corrected chi connectivity index (χ0v) is 8.41. The van der Waals surface area contributed by atoms with Crippen LogP contribution < -0.4 is 0 Å². The van der Waals surface area contributed by atoms with Crippen molar-refractivity contribution in [3.05, 3.63) is 0 Å². The minimum atomic E-state index is -0.292. The summed E-state index contributed by atoms with van der Waals surface area (Å²) in [7, 11) is 0. The Kier molecular flexibility index (Phi) is 4.45. The molecule has 0 radical (unpaired) electrons. The Morgan fingerprint density at radius 1 is 1.20 bits per heavy atom. The first-order chi connectivity index (χ1) is 4.63. The number of hydrogen-bond acceptors (Lipinski definition) is 1. The molecule has 0 aromatic rings. The molecule has 0 bridgehead atoms. The van der Waals surface area contributed by atoms with Crippen LogP contribution in [0.1, 0.15) is 40.0 Å². The Bertz CT molecular complexity index is 83.3. The standard InChI is InChI=1S/C7H15BrFN/c1-4-7(5-2,6-3)10(8)9/h4-6H2,1-3H3. The van der Waals surface area contributed by atoms with Gasteiger partial charge in [0, 0.05) is 16.1 Å². The second-order valence-electron chi connectivity index (χ2n) is 2.52. The Morgan fingerprint density at radius 2 is 1.50 bits per heavy atom. The van der Waals surface area contributed by atoms with Gasteiger partial charge in [0.2, 0.25) is 0 Å². The van der Waals surface area contributed by atoms with Gasteiger partial charge in [-0.25, -0.2) is 0 Å². The van der Waals surface area contributed by atoms with Crippen LogP contribution in [0.5, 0.6) is 0 Å². The number of nitrogens with zero attached hydrogens (tertiary/aromatic N) is 1. The molecule has 0 saturated carbocycles. The second-order valence-corrected chi connectivity index (χ2v) is 3.14. The highest BCUT2D eigenvalue weighted by Gasteiger charge is 2.30. The van der Waals surface area contributed by atoms with Crippen molar-refractivity contribution in [1.29, 1.82) is 0 Å². The quantitative estimate of drug-likeness (QED) is 0.645. The maximum Gasteiger partial charge on any atom is 0.0624 e. The Balaban J connectivity index is 4.15. The molecule has 0 N–H and O–H groups in total. The smallest absolute Gasteiger partial charge is 0.0624 e. The summed E-state index contributed by atoms with van der Waals surface area (Å²) in [4.78, 5) is 0. The molecule has 0 saturated heterocycles. The zero-order chi connectivity index (χ0) is 8.20. The van der Waals surface area contributed by atoms with Gasteiger partial charge in [-0.05, 0) is 19.3 Å². The Hall–Kier alpha value is 0.370. The van der Waals surface area contributed by atoms with Gasteiger partial charge in [-0.2, -0.15) is 0 Å². The number of halogens is 2. The highest BCUT2D eigenvalue weighted by atomic mass is 79.9. The van der Waals surface area contributed by atoms with Crippen LogP contribution in [0.25, 0.3) is 0 Å². The van der Waals surface area contributed by atoms with E-state index >= 15 is 0 Å². The van der Waals surface area contributed by atoms with Crippen molar-refractivity contribution in [3.8, 4) is 0 Å².